The molecule has 0 aliphatic heterocycles. The predicted octanol–water partition coefficient (Wildman–Crippen LogP) is 2.28. The van der Waals surface area contributed by atoms with E-state index in [2.05, 4.69) is 20.8 Å². The second-order valence-electron chi connectivity index (χ2n) is 5.17. The summed E-state index contributed by atoms with van der Waals surface area (Å²) in [6.45, 7) is 8.24. The van der Waals surface area contributed by atoms with Crippen LogP contribution >= 0.6 is 0 Å². The third-order valence-electron chi connectivity index (χ3n) is 4.35. The molecule has 0 unspecified atom stereocenters. The van der Waals surface area contributed by atoms with Gasteiger partial charge in [-0.25, -0.2) is 0 Å². The van der Waals surface area contributed by atoms with Gasteiger partial charge in [-0.3, -0.25) is 0 Å². The van der Waals surface area contributed by atoms with Crippen molar-refractivity contribution in [3.8, 4) is 0 Å². The highest BCUT2D eigenvalue weighted by atomic mass is 28.4. The monoisotopic (exact) mass is 246 g/mol. The average Bonchev–Trinajstić information content (AvgIpc) is 2.52. The molecule has 0 spiro atoms. The normalized spacial score (nSPS) is 35.6. The smallest absolute Gasteiger partial charge is 0.192 e. The molecule has 2 N–H and O–H groups in total. The van der Waals surface area contributed by atoms with E-state index in [1.54, 1.807) is 6.92 Å². The largest absolute Gasteiger partial charge is 0.411 e. The highest BCUT2D eigenvalue weighted by molar-refractivity contribution is 6.73. The molecule has 1 saturated carbocycles. The lowest BCUT2D eigenvalue weighted by Gasteiger charge is -2.37. The average molecular weight is 246 g/mol. The van der Waals surface area contributed by atoms with Crippen molar-refractivity contribution < 1.29 is 14.6 Å². The van der Waals surface area contributed by atoms with Crippen LogP contribution in [0, 0.1) is 0 Å². The van der Waals surface area contributed by atoms with Gasteiger partial charge in [-0.2, -0.15) is 0 Å². The third-order valence-corrected chi connectivity index (χ3v) is 9.00. The first kappa shape index (κ1) is 14.2. The lowest BCUT2D eigenvalue weighted by atomic mass is 10.0. The highest BCUT2D eigenvalue weighted by Crippen LogP contribution is 2.36. The summed E-state index contributed by atoms with van der Waals surface area (Å²) >= 11 is 0. The van der Waals surface area contributed by atoms with Crippen molar-refractivity contribution in [3.05, 3.63) is 0 Å². The third kappa shape index (κ3) is 2.50. The molecule has 16 heavy (non-hydrogen) atoms. The molecule has 1 aliphatic carbocycles. The van der Waals surface area contributed by atoms with Crippen molar-refractivity contribution in [1.82, 2.24) is 0 Å². The topological polar surface area (TPSA) is 49.7 Å². The Morgan fingerprint density at radius 3 is 2.00 bits per heavy atom. The van der Waals surface area contributed by atoms with Gasteiger partial charge in [-0.1, -0.05) is 20.8 Å². The zero-order valence-corrected chi connectivity index (χ0v) is 12.0. The maximum atomic E-state index is 10.2. The summed E-state index contributed by atoms with van der Waals surface area (Å²) in [5.41, 5.74) is -1.06. The second kappa shape index (κ2) is 5.17. The summed E-state index contributed by atoms with van der Waals surface area (Å²) in [4.78, 5) is 0. The van der Waals surface area contributed by atoms with Gasteiger partial charge in [-0.05, 0) is 37.9 Å². The molecule has 0 amide bonds. The molecule has 0 bridgehead atoms. The van der Waals surface area contributed by atoms with Crippen LogP contribution in [0.5, 0.6) is 0 Å². The van der Waals surface area contributed by atoms with Gasteiger partial charge < -0.3 is 14.6 Å². The minimum atomic E-state index is -1.67. The molecule has 0 aromatic rings. The molecule has 0 aromatic heterocycles. The minimum Gasteiger partial charge on any atom is -0.411 e. The summed E-state index contributed by atoms with van der Waals surface area (Å²) in [6.07, 6.45) is 0.631. The quantitative estimate of drug-likeness (QED) is 0.732. The molecule has 4 heteroatoms. The summed E-state index contributed by atoms with van der Waals surface area (Å²) in [7, 11) is -1.67. The molecule has 96 valence electrons. The van der Waals surface area contributed by atoms with Crippen molar-refractivity contribution >= 4 is 8.32 Å². The van der Waals surface area contributed by atoms with E-state index in [1.807, 2.05) is 0 Å². The van der Waals surface area contributed by atoms with E-state index in [9.17, 15) is 10.2 Å². The fraction of sp³-hybridized carbons (Fsp3) is 1.00. The Morgan fingerprint density at radius 1 is 1.19 bits per heavy atom. The van der Waals surface area contributed by atoms with Crippen LogP contribution in [0.3, 0.4) is 0 Å². The molecular formula is C12H26O3Si. The van der Waals surface area contributed by atoms with Gasteiger partial charge in [-0.15, -0.1) is 0 Å². The van der Waals surface area contributed by atoms with Gasteiger partial charge in [0.25, 0.3) is 0 Å². The van der Waals surface area contributed by atoms with Crippen LogP contribution in [0.1, 0.15) is 40.5 Å². The van der Waals surface area contributed by atoms with Crippen molar-refractivity contribution in [1.29, 1.82) is 0 Å². The molecular weight excluding hydrogens is 220 g/mol. The SMILES string of the molecule is CC[Si](CC)(CC)O[C@@H]1CC[C@H](O)[C@]1(C)O. The lowest BCUT2D eigenvalue weighted by Crippen LogP contribution is -2.50. The van der Waals surface area contributed by atoms with Gasteiger partial charge in [0, 0.05) is 0 Å². The number of rotatable bonds is 5. The van der Waals surface area contributed by atoms with Gasteiger partial charge in [0.1, 0.15) is 5.60 Å². The summed E-state index contributed by atoms with van der Waals surface area (Å²) in [5, 5.41) is 19.9. The Balaban J connectivity index is 2.73. The molecule has 3 nitrogen and oxygen atoms in total. The first-order valence-electron chi connectivity index (χ1n) is 6.50. The number of aliphatic hydroxyl groups excluding tert-OH is 1. The molecule has 1 rings (SSSR count). The van der Waals surface area contributed by atoms with Crippen LogP contribution < -0.4 is 0 Å². The Bertz CT molecular complexity index is 218. The first-order valence-corrected chi connectivity index (χ1v) is 9.03. The van der Waals surface area contributed by atoms with E-state index >= 15 is 0 Å². The molecule has 1 fully saturated rings. The van der Waals surface area contributed by atoms with Crippen LogP contribution in [-0.4, -0.2) is 36.3 Å². The van der Waals surface area contributed by atoms with Gasteiger partial charge >= 0.3 is 0 Å². The van der Waals surface area contributed by atoms with E-state index in [-0.39, 0.29) is 6.10 Å². The summed E-state index contributed by atoms with van der Waals surface area (Å²) in [5.74, 6) is 0. The Hall–Kier alpha value is 0.0969. The summed E-state index contributed by atoms with van der Waals surface area (Å²) in [6, 6.07) is 3.26. The fourth-order valence-electron chi connectivity index (χ4n) is 2.59. The molecule has 1 aliphatic rings. The van der Waals surface area contributed by atoms with Crippen LogP contribution in [0.15, 0.2) is 0 Å². The number of hydrogen-bond donors (Lipinski definition) is 2. The van der Waals surface area contributed by atoms with Gasteiger partial charge in [0.05, 0.1) is 12.2 Å². The number of hydrogen-bond acceptors (Lipinski definition) is 3. The van der Waals surface area contributed by atoms with Gasteiger partial charge in [0.15, 0.2) is 8.32 Å². The zero-order valence-electron chi connectivity index (χ0n) is 11.0. The van der Waals surface area contributed by atoms with E-state index in [0.29, 0.717) is 6.42 Å². The molecule has 0 heterocycles. The van der Waals surface area contributed by atoms with E-state index in [1.165, 1.54) is 0 Å². The van der Waals surface area contributed by atoms with E-state index in [0.717, 1.165) is 24.6 Å². The molecule has 0 saturated heterocycles. The Morgan fingerprint density at radius 2 is 1.69 bits per heavy atom. The highest BCUT2D eigenvalue weighted by Gasteiger charge is 2.48. The number of aliphatic hydroxyl groups is 2. The maximum Gasteiger partial charge on any atom is 0.192 e. The van der Waals surface area contributed by atoms with Crippen molar-refractivity contribution in [3.63, 3.8) is 0 Å². The second-order valence-corrected chi connectivity index (χ2v) is 9.89. The first-order chi connectivity index (χ1) is 7.41. The van der Waals surface area contributed by atoms with Gasteiger partial charge in [0.2, 0.25) is 0 Å². The van der Waals surface area contributed by atoms with Crippen LogP contribution in [0.25, 0.3) is 0 Å². The minimum absolute atomic E-state index is 0.172. The Kier molecular flexibility index (Phi) is 4.57. The van der Waals surface area contributed by atoms with Crippen LogP contribution in [0.2, 0.25) is 18.1 Å². The summed E-state index contributed by atoms with van der Waals surface area (Å²) < 4.78 is 6.26. The van der Waals surface area contributed by atoms with Crippen LogP contribution in [-0.2, 0) is 4.43 Å². The molecule has 0 aromatic carbocycles. The van der Waals surface area contributed by atoms with Crippen molar-refractivity contribution in [2.45, 2.75) is 76.5 Å². The molecule has 3 atom stereocenters. The predicted molar refractivity (Wildman–Crippen MR) is 67.9 cm³/mol. The molecule has 0 radical (unpaired) electrons. The van der Waals surface area contributed by atoms with Crippen LogP contribution in [0.4, 0.5) is 0 Å². The maximum absolute atomic E-state index is 10.2. The lowest BCUT2D eigenvalue weighted by molar-refractivity contribution is -0.0930. The van der Waals surface area contributed by atoms with E-state index in [4.69, 9.17) is 4.43 Å². The van der Waals surface area contributed by atoms with Crippen molar-refractivity contribution in [2.24, 2.45) is 0 Å². The standard InChI is InChI=1S/C12H26O3Si/c1-5-16(6-2,7-3)15-11-9-8-10(13)12(11,4)14/h10-11,13-14H,5-9H2,1-4H3/t10-,11+,12-/m0/s1. The van der Waals surface area contributed by atoms with Crippen molar-refractivity contribution in [2.75, 3.05) is 0 Å². The van der Waals surface area contributed by atoms with E-state index < -0.39 is 20.0 Å². The zero-order chi connectivity index (χ0) is 12.4. The fourth-order valence-corrected chi connectivity index (χ4v) is 5.55. The Labute approximate surface area is 100.0 Å².